The van der Waals surface area contributed by atoms with Crippen molar-refractivity contribution in [2.24, 2.45) is 0 Å². The number of pyridine rings is 1. The van der Waals surface area contributed by atoms with Gasteiger partial charge in [-0.2, -0.15) is 0 Å². The highest BCUT2D eigenvalue weighted by molar-refractivity contribution is 7.17. The predicted octanol–water partition coefficient (Wildman–Crippen LogP) is 1.58. The molecule has 5 heteroatoms. The monoisotopic (exact) mass is 194 g/mol. The number of aromatic carboxylic acids is 1. The normalized spacial score (nSPS) is 10.5. The van der Waals surface area contributed by atoms with Gasteiger partial charge in [0.1, 0.15) is 5.82 Å². The Kier molecular flexibility index (Phi) is 1.66. The molecule has 0 atom stereocenters. The molecule has 3 N–H and O–H groups in total. The second kappa shape index (κ2) is 2.70. The van der Waals surface area contributed by atoms with Gasteiger partial charge in [0.15, 0.2) is 0 Å². The lowest BCUT2D eigenvalue weighted by Gasteiger charge is -1.98. The molecule has 0 bridgehead atoms. The second-order valence-electron chi connectivity index (χ2n) is 2.53. The average Bonchev–Trinajstić information content (AvgIpc) is 2.53. The zero-order valence-electron chi connectivity index (χ0n) is 6.52. The van der Waals surface area contributed by atoms with E-state index < -0.39 is 5.97 Å². The molecular formula is C8H6N2O2S. The van der Waals surface area contributed by atoms with Gasteiger partial charge >= 0.3 is 5.97 Å². The molecule has 0 radical (unpaired) electrons. The van der Waals surface area contributed by atoms with Gasteiger partial charge in [0.05, 0.1) is 10.3 Å². The van der Waals surface area contributed by atoms with E-state index in [2.05, 4.69) is 4.98 Å². The number of rotatable bonds is 1. The fourth-order valence-corrected chi connectivity index (χ4v) is 1.97. The van der Waals surface area contributed by atoms with Crippen LogP contribution in [0.15, 0.2) is 17.6 Å². The number of thiophene rings is 1. The fraction of sp³-hybridized carbons (Fsp3) is 0. The Bertz CT molecular complexity index is 478. The van der Waals surface area contributed by atoms with Crippen molar-refractivity contribution in [2.45, 2.75) is 0 Å². The number of nitrogens with zero attached hydrogens (tertiary/aromatic N) is 1. The Labute approximate surface area is 77.6 Å². The number of hydrogen-bond acceptors (Lipinski definition) is 4. The summed E-state index contributed by atoms with van der Waals surface area (Å²) in [6, 6.07) is 1.74. The van der Waals surface area contributed by atoms with E-state index in [1.165, 1.54) is 17.5 Å². The van der Waals surface area contributed by atoms with Crippen molar-refractivity contribution in [3.8, 4) is 0 Å². The van der Waals surface area contributed by atoms with Gasteiger partial charge in [-0.1, -0.05) is 0 Å². The van der Waals surface area contributed by atoms with Gasteiger partial charge in [-0.25, -0.2) is 9.78 Å². The molecule has 0 unspecified atom stereocenters. The molecule has 0 saturated heterocycles. The standard InChI is InChI=1S/C8H6N2O2S/c9-7-6-4(1-2-13-6)5(3-10-7)8(11)12/h1-3H,(H2,9,10)(H,11,12). The Morgan fingerprint density at radius 3 is 3.08 bits per heavy atom. The summed E-state index contributed by atoms with van der Waals surface area (Å²) < 4.78 is 0.736. The van der Waals surface area contributed by atoms with Crippen LogP contribution in [0.1, 0.15) is 10.4 Å². The first kappa shape index (κ1) is 8.00. The van der Waals surface area contributed by atoms with Crippen molar-refractivity contribution >= 4 is 33.2 Å². The van der Waals surface area contributed by atoms with Crippen molar-refractivity contribution in [3.63, 3.8) is 0 Å². The van der Waals surface area contributed by atoms with Crippen LogP contribution in [0, 0.1) is 0 Å². The maximum Gasteiger partial charge on any atom is 0.337 e. The summed E-state index contributed by atoms with van der Waals surface area (Å²) in [7, 11) is 0. The van der Waals surface area contributed by atoms with Crippen LogP contribution in [0.5, 0.6) is 0 Å². The Morgan fingerprint density at radius 2 is 2.38 bits per heavy atom. The average molecular weight is 194 g/mol. The first-order valence-corrected chi connectivity index (χ1v) is 4.43. The van der Waals surface area contributed by atoms with Crippen molar-refractivity contribution in [2.75, 3.05) is 5.73 Å². The molecule has 0 saturated carbocycles. The van der Waals surface area contributed by atoms with Gasteiger partial charge in [-0.05, 0) is 11.4 Å². The van der Waals surface area contributed by atoms with Gasteiger partial charge in [0.2, 0.25) is 0 Å². The first-order chi connectivity index (χ1) is 6.20. The zero-order valence-corrected chi connectivity index (χ0v) is 7.34. The van der Waals surface area contributed by atoms with E-state index >= 15 is 0 Å². The first-order valence-electron chi connectivity index (χ1n) is 3.55. The third-order valence-electron chi connectivity index (χ3n) is 1.75. The van der Waals surface area contributed by atoms with Crippen LogP contribution in [0.2, 0.25) is 0 Å². The minimum absolute atomic E-state index is 0.199. The van der Waals surface area contributed by atoms with Crippen LogP contribution < -0.4 is 5.73 Å². The van der Waals surface area contributed by atoms with Crippen molar-refractivity contribution in [3.05, 3.63) is 23.2 Å². The number of aromatic nitrogens is 1. The smallest absolute Gasteiger partial charge is 0.337 e. The van der Waals surface area contributed by atoms with E-state index in [1.54, 1.807) is 11.4 Å². The largest absolute Gasteiger partial charge is 0.478 e. The molecule has 4 nitrogen and oxygen atoms in total. The summed E-state index contributed by atoms with van der Waals surface area (Å²) in [6.07, 6.45) is 1.28. The predicted molar refractivity (Wildman–Crippen MR) is 51.0 cm³/mol. The van der Waals surface area contributed by atoms with E-state index in [1.807, 2.05) is 0 Å². The molecule has 0 amide bonds. The number of anilines is 1. The summed E-state index contributed by atoms with van der Waals surface area (Å²) in [4.78, 5) is 14.6. The molecular weight excluding hydrogens is 188 g/mol. The van der Waals surface area contributed by atoms with Gasteiger partial charge in [-0.15, -0.1) is 11.3 Å². The number of carbonyl (C=O) groups is 1. The topological polar surface area (TPSA) is 76.2 Å². The van der Waals surface area contributed by atoms with Crippen LogP contribution in [0.3, 0.4) is 0 Å². The highest BCUT2D eigenvalue weighted by atomic mass is 32.1. The minimum atomic E-state index is -0.976. The molecule has 0 spiro atoms. The Hall–Kier alpha value is -1.62. The summed E-state index contributed by atoms with van der Waals surface area (Å²) in [5.41, 5.74) is 5.78. The van der Waals surface area contributed by atoms with Crippen LogP contribution in [0.4, 0.5) is 5.82 Å². The molecule has 13 heavy (non-hydrogen) atoms. The van der Waals surface area contributed by atoms with E-state index in [9.17, 15) is 4.79 Å². The molecule has 66 valence electrons. The van der Waals surface area contributed by atoms with Crippen LogP contribution in [-0.4, -0.2) is 16.1 Å². The van der Waals surface area contributed by atoms with Crippen molar-refractivity contribution in [1.82, 2.24) is 4.98 Å². The molecule has 2 heterocycles. The molecule has 2 rings (SSSR count). The van der Waals surface area contributed by atoms with Crippen LogP contribution >= 0.6 is 11.3 Å². The van der Waals surface area contributed by atoms with Gasteiger partial charge in [-0.3, -0.25) is 0 Å². The molecule has 2 aromatic heterocycles. The van der Waals surface area contributed by atoms with E-state index in [0.29, 0.717) is 11.2 Å². The van der Waals surface area contributed by atoms with Gasteiger partial charge < -0.3 is 10.8 Å². The molecule has 0 aliphatic rings. The summed E-state index contributed by atoms with van der Waals surface area (Å²) >= 11 is 1.39. The number of hydrogen-bond donors (Lipinski definition) is 2. The zero-order chi connectivity index (χ0) is 9.42. The maximum atomic E-state index is 10.7. The Morgan fingerprint density at radius 1 is 1.62 bits per heavy atom. The lowest BCUT2D eigenvalue weighted by molar-refractivity contribution is 0.0698. The summed E-state index contributed by atoms with van der Waals surface area (Å²) in [5, 5.41) is 11.3. The quantitative estimate of drug-likeness (QED) is 0.722. The molecule has 0 aromatic carbocycles. The molecule has 2 aromatic rings. The lowest BCUT2D eigenvalue weighted by atomic mass is 10.2. The number of nitrogens with two attached hydrogens (primary N) is 1. The SMILES string of the molecule is Nc1ncc(C(=O)O)c2ccsc12. The van der Waals surface area contributed by atoms with Gasteiger partial charge in [0, 0.05) is 11.6 Å². The number of nitrogen functional groups attached to an aromatic ring is 1. The number of fused-ring (bicyclic) bond motifs is 1. The lowest BCUT2D eigenvalue weighted by Crippen LogP contribution is -1.99. The van der Waals surface area contributed by atoms with E-state index in [4.69, 9.17) is 10.8 Å². The third-order valence-corrected chi connectivity index (χ3v) is 2.69. The van der Waals surface area contributed by atoms with E-state index in [-0.39, 0.29) is 5.56 Å². The third kappa shape index (κ3) is 1.13. The van der Waals surface area contributed by atoms with Crippen molar-refractivity contribution in [1.29, 1.82) is 0 Å². The van der Waals surface area contributed by atoms with Gasteiger partial charge in [0.25, 0.3) is 0 Å². The van der Waals surface area contributed by atoms with Crippen LogP contribution in [0.25, 0.3) is 10.1 Å². The van der Waals surface area contributed by atoms with E-state index in [0.717, 1.165) is 4.70 Å². The second-order valence-corrected chi connectivity index (χ2v) is 3.44. The molecule has 0 fully saturated rings. The maximum absolute atomic E-state index is 10.7. The molecule has 0 aliphatic heterocycles. The highest BCUT2D eigenvalue weighted by Crippen LogP contribution is 2.27. The number of carboxylic acid groups (broad SMARTS) is 1. The van der Waals surface area contributed by atoms with Crippen molar-refractivity contribution < 1.29 is 9.90 Å². The Balaban J connectivity index is 2.86. The minimum Gasteiger partial charge on any atom is -0.478 e. The highest BCUT2D eigenvalue weighted by Gasteiger charge is 2.11. The molecule has 0 aliphatic carbocycles. The summed E-state index contributed by atoms with van der Waals surface area (Å²) in [6.45, 7) is 0. The summed E-state index contributed by atoms with van der Waals surface area (Å²) in [5.74, 6) is -0.592. The number of carboxylic acids is 1. The van der Waals surface area contributed by atoms with Crippen LogP contribution in [-0.2, 0) is 0 Å². The fourth-order valence-electron chi connectivity index (χ4n) is 1.15.